The third-order valence-electron chi connectivity index (χ3n) is 5.34. The van der Waals surface area contributed by atoms with Gasteiger partial charge in [-0.3, -0.25) is 4.90 Å². The number of H-pyrrole nitrogens is 1. The van der Waals surface area contributed by atoms with Crippen molar-refractivity contribution in [1.29, 1.82) is 0 Å². The maximum Gasteiger partial charge on any atom is 0.117 e. The second kappa shape index (κ2) is 7.67. The van der Waals surface area contributed by atoms with Crippen LogP contribution in [0.1, 0.15) is 44.7 Å². The molecule has 4 rings (SSSR count). The minimum absolute atomic E-state index is 0.367. The highest BCUT2D eigenvalue weighted by Gasteiger charge is 2.38. The third kappa shape index (κ3) is 4.10. The molecule has 0 amide bonds. The van der Waals surface area contributed by atoms with Crippen LogP contribution in [-0.2, 0) is 11.3 Å². The first-order chi connectivity index (χ1) is 12.3. The van der Waals surface area contributed by atoms with E-state index in [9.17, 15) is 0 Å². The van der Waals surface area contributed by atoms with Gasteiger partial charge in [-0.25, -0.2) is 0 Å². The van der Waals surface area contributed by atoms with Crippen LogP contribution >= 0.6 is 0 Å². The van der Waals surface area contributed by atoms with E-state index < -0.39 is 0 Å². The number of benzene rings is 1. The van der Waals surface area contributed by atoms with Crippen LogP contribution in [0.4, 0.5) is 0 Å². The largest absolute Gasteiger partial charge is 0.372 e. The lowest BCUT2D eigenvalue weighted by molar-refractivity contribution is -0.0995. The van der Waals surface area contributed by atoms with Gasteiger partial charge in [0.25, 0.3) is 0 Å². The molecule has 0 spiro atoms. The van der Waals surface area contributed by atoms with Crippen LogP contribution in [-0.4, -0.2) is 45.6 Å². The summed E-state index contributed by atoms with van der Waals surface area (Å²) in [6, 6.07) is 10.3. The number of hydrogen-bond acceptors (Lipinski definition) is 4. The van der Waals surface area contributed by atoms with E-state index in [0.717, 1.165) is 42.5 Å². The van der Waals surface area contributed by atoms with Crippen LogP contribution in [0.25, 0.3) is 11.3 Å². The van der Waals surface area contributed by atoms with E-state index in [4.69, 9.17) is 4.74 Å². The smallest absolute Gasteiger partial charge is 0.117 e. The van der Waals surface area contributed by atoms with Gasteiger partial charge in [0.2, 0.25) is 0 Å². The Morgan fingerprint density at radius 3 is 2.76 bits per heavy atom. The van der Waals surface area contributed by atoms with Gasteiger partial charge in [0.15, 0.2) is 0 Å². The minimum Gasteiger partial charge on any atom is -0.372 e. The Morgan fingerprint density at radius 2 is 2.00 bits per heavy atom. The average molecular weight is 340 g/mol. The molecule has 2 aliphatic rings. The number of hydrogen-bond donors (Lipinski definition) is 1. The van der Waals surface area contributed by atoms with Crippen molar-refractivity contribution in [2.75, 3.05) is 13.1 Å². The zero-order valence-corrected chi connectivity index (χ0v) is 15.0. The Labute approximate surface area is 149 Å². The van der Waals surface area contributed by atoms with Gasteiger partial charge < -0.3 is 4.74 Å². The first-order valence-corrected chi connectivity index (χ1v) is 9.66. The molecule has 1 aliphatic carbocycles. The molecule has 0 unspecified atom stereocenters. The van der Waals surface area contributed by atoms with Gasteiger partial charge in [0, 0.05) is 25.2 Å². The molecule has 0 bridgehead atoms. The van der Waals surface area contributed by atoms with Crippen molar-refractivity contribution in [3.8, 4) is 11.3 Å². The standard InChI is InChI=1S/C20H28N4O/c1-2-3-9-17-12-24(14-19(25-17)15-10-11-15)13-18-20(22-23-21-18)16-7-5-4-6-8-16/h4-8,15,17,19H,2-3,9-14H2,1H3,(H,21,22,23)/t17-,19-/m1/s1. The maximum absolute atomic E-state index is 6.39. The highest BCUT2D eigenvalue weighted by molar-refractivity contribution is 5.60. The van der Waals surface area contributed by atoms with E-state index in [-0.39, 0.29) is 0 Å². The number of unbranched alkanes of at least 4 members (excludes halogenated alkanes) is 1. The van der Waals surface area contributed by atoms with Crippen molar-refractivity contribution in [3.63, 3.8) is 0 Å². The van der Waals surface area contributed by atoms with Gasteiger partial charge in [0.05, 0.1) is 12.2 Å². The van der Waals surface area contributed by atoms with Crippen molar-refractivity contribution >= 4 is 0 Å². The van der Waals surface area contributed by atoms with Crippen molar-refractivity contribution in [2.45, 2.75) is 57.8 Å². The van der Waals surface area contributed by atoms with Gasteiger partial charge >= 0.3 is 0 Å². The fourth-order valence-corrected chi connectivity index (χ4v) is 3.80. The summed E-state index contributed by atoms with van der Waals surface area (Å²) in [6.45, 7) is 5.12. The molecule has 1 aromatic heterocycles. The summed E-state index contributed by atoms with van der Waals surface area (Å²) in [5, 5.41) is 11.7. The highest BCUT2D eigenvalue weighted by Crippen LogP contribution is 2.37. The summed E-state index contributed by atoms with van der Waals surface area (Å²) < 4.78 is 6.39. The first-order valence-electron chi connectivity index (χ1n) is 9.66. The number of aromatic nitrogens is 3. The van der Waals surface area contributed by atoms with Crippen molar-refractivity contribution in [3.05, 3.63) is 36.0 Å². The summed E-state index contributed by atoms with van der Waals surface area (Å²) in [6.07, 6.45) is 7.08. The predicted octanol–water partition coefficient (Wildman–Crippen LogP) is 3.64. The molecule has 134 valence electrons. The number of rotatable bonds is 7. The molecule has 1 saturated carbocycles. The highest BCUT2D eigenvalue weighted by atomic mass is 16.5. The topological polar surface area (TPSA) is 54.0 Å². The summed E-state index contributed by atoms with van der Waals surface area (Å²) in [4.78, 5) is 2.52. The van der Waals surface area contributed by atoms with Crippen LogP contribution in [0.5, 0.6) is 0 Å². The minimum atomic E-state index is 0.367. The number of nitrogens with zero attached hydrogens (tertiary/aromatic N) is 3. The van der Waals surface area contributed by atoms with Crippen LogP contribution in [0.15, 0.2) is 30.3 Å². The molecule has 1 aromatic carbocycles. The molecule has 2 aromatic rings. The van der Waals surface area contributed by atoms with Crippen LogP contribution in [0.3, 0.4) is 0 Å². The number of nitrogens with one attached hydrogen (secondary N) is 1. The zero-order valence-electron chi connectivity index (χ0n) is 15.0. The van der Waals surface area contributed by atoms with Crippen LogP contribution in [0, 0.1) is 5.92 Å². The van der Waals surface area contributed by atoms with Gasteiger partial charge in [-0.1, -0.05) is 50.1 Å². The second-order valence-corrected chi connectivity index (χ2v) is 7.46. The lowest BCUT2D eigenvalue weighted by Gasteiger charge is -2.38. The molecule has 25 heavy (non-hydrogen) atoms. The van der Waals surface area contributed by atoms with Gasteiger partial charge in [-0.05, 0) is 25.2 Å². The molecule has 2 heterocycles. The van der Waals surface area contributed by atoms with Gasteiger partial charge in [-0.2, -0.15) is 15.4 Å². The van der Waals surface area contributed by atoms with E-state index in [2.05, 4.69) is 39.4 Å². The molecule has 1 saturated heterocycles. The Balaban J connectivity index is 1.47. The molecule has 2 fully saturated rings. The SMILES string of the molecule is CCCC[C@@H]1CN(Cc2n[nH]nc2-c2ccccc2)C[C@H](C2CC2)O1. The molecule has 0 radical (unpaired) electrons. The van der Waals surface area contributed by atoms with Crippen molar-refractivity contribution in [1.82, 2.24) is 20.3 Å². The van der Waals surface area contributed by atoms with Crippen LogP contribution in [0.2, 0.25) is 0 Å². The Bertz CT molecular complexity index is 667. The molecule has 2 atom stereocenters. The fraction of sp³-hybridized carbons (Fsp3) is 0.600. The van der Waals surface area contributed by atoms with E-state index in [1.807, 2.05) is 18.2 Å². The normalized spacial score (nSPS) is 24.5. The number of ether oxygens (including phenoxy) is 1. The van der Waals surface area contributed by atoms with Crippen LogP contribution < -0.4 is 0 Å². The number of aromatic amines is 1. The average Bonchev–Trinajstić information content (AvgIpc) is 3.40. The van der Waals surface area contributed by atoms with Gasteiger partial charge in [-0.15, -0.1) is 0 Å². The zero-order chi connectivity index (χ0) is 17.1. The van der Waals surface area contributed by atoms with E-state index >= 15 is 0 Å². The fourth-order valence-electron chi connectivity index (χ4n) is 3.80. The molecule has 1 N–H and O–H groups in total. The van der Waals surface area contributed by atoms with Crippen molar-refractivity contribution < 1.29 is 4.74 Å². The summed E-state index contributed by atoms with van der Waals surface area (Å²) >= 11 is 0. The van der Waals surface area contributed by atoms with Gasteiger partial charge in [0.1, 0.15) is 11.4 Å². The Morgan fingerprint density at radius 1 is 1.16 bits per heavy atom. The predicted molar refractivity (Wildman–Crippen MR) is 98.0 cm³/mol. The third-order valence-corrected chi connectivity index (χ3v) is 5.34. The molecule has 5 nitrogen and oxygen atoms in total. The monoisotopic (exact) mass is 340 g/mol. The quantitative estimate of drug-likeness (QED) is 0.836. The second-order valence-electron chi connectivity index (χ2n) is 7.46. The van der Waals surface area contributed by atoms with E-state index in [1.165, 1.54) is 32.1 Å². The summed E-state index contributed by atoms with van der Waals surface area (Å²) in [5.74, 6) is 0.776. The molecular formula is C20H28N4O. The molecule has 5 heteroatoms. The van der Waals surface area contributed by atoms with Crippen molar-refractivity contribution in [2.24, 2.45) is 5.92 Å². The lowest BCUT2D eigenvalue weighted by atomic mass is 10.1. The summed E-state index contributed by atoms with van der Waals surface area (Å²) in [7, 11) is 0. The number of morpholine rings is 1. The Hall–Kier alpha value is -1.72. The molecular weight excluding hydrogens is 312 g/mol. The Kier molecular flexibility index (Phi) is 5.13. The first kappa shape index (κ1) is 16.7. The van der Waals surface area contributed by atoms with E-state index in [1.54, 1.807) is 0 Å². The maximum atomic E-state index is 6.39. The van der Waals surface area contributed by atoms with E-state index in [0.29, 0.717) is 12.2 Å². The molecule has 1 aliphatic heterocycles. The lowest BCUT2D eigenvalue weighted by Crippen LogP contribution is -2.48. The summed E-state index contributed by atoms with van der Waals surface area (Å²) in [5.41, 5.74) is 3.14.